The molecule has 0 heterocycles. The van der Waals surface area contributed by atoms with Gasteiger partial charge in [0.2, 0.25) is 0 Å². The second kappa shape index (κ2) is 6.48. The topological polar surface area (TPSA) is 20.2 Å². The van der Waals surface area contributed by atoms with Crippen LogP contribution in [0.2, 0.25) is 5.02 Å². The van der Waals surface area contributed by atoms with Gasteiger partial charge in [0.05, 0.1) is 5.56 Å². The van der Waals surface area contributed by atoms with Crippen molar-refractivity contribution in [2.45, 2.75) is 17.2 Å². The van der Waals surface area contributed by atoms with Crippen LogP contribution in [0.3, 0.4) is 0 Å². The molecular weight excluding hydrogens is 340 g/mol. The molecule has 1 N–H and O–H groups in total. The minimum absolute atomic E-state index is 0.0164. The summed E-state index contributed by atoms with van der Waals surface area (Å²) in [6, 6.07) is 6.81. The molecule has 0 aromatic heterocycles. The molecule has 0 saturated carbocycles. The third-order valence-corrected chi connectivity index (χ3v) is 4.22. The Labute approximate surface area is 133 Å². The first-order chi connectivity index (χ1) is 10.3. The van der Waals surface area contributed by atoms with Crippen LogP contribution < -0.4 is 0 Å². The fraction of sp³-hybridized carbons (Fsp3) is 0.200. The Hall–Kier alpha value is -1.24. The van der Waals surface area contributed by atoms with Gasteiger partial charge in [0.15, 0.2) is 0 Å². The lowest BCUT2D eigenvalue weighted by molar-refractivity contribution is -0.137. The molecule has 1 atom stereocenters. The van der Waals surface area contributed by atoms with E-state index in [0.717, 1.165) is 36.0 Å². The Morgan fingerprint density at radius 3 is 2.18 bits per heavy atom. The Kier molecular flexibility index (Phi) is 5.04. The summed E-state index contributed by atoms with van der Waals surface area (Å²) in [7, 11) is 0. The van der Waals surface area contributed by atoms with Crippen LogP contribution in [0, 0.1) is 5.82 Å². The molecule has 0 bridgehead atoms. The van der Waals surface area contributed by atoms with Gasteiger partial charge in [0.1, 0.15) is 11.9 Å². The minimum atomic E-state index is -4.47. The van der Waals surface area contributed by atoms with Crippen LogP contribution >= 0.6 is 23.4 Å². The standard InChI is InChI=1S/C15H11ClF4OS/c1-22-11-7-6-10(16)12(13(11)17)14(21)8-2-4-9(5-3-8)15(18,19)20/h2-7,14,21H,1H3. The van der Waals surface area contributed by atoms with Gasteiger partial charge in [-0.25, -0.2) is 4.39 Å². The summed E-state index contributed by atoms with van der Waals surface area (Å²) in [6.07, 6.45) is -4.24. The van der Waals surface area contributed by atoms with Gasteiger partial charge >= 0.3 is 6.18 Å². The average Bonchev–Trinajstić information content (AvgIpc) is 2.46. The summed E-state index contributed by atoms with van der Waals surface area (Å²) in [5, 5.41) is 10.3. The molecule has 0 aliphatic heterocycles. The largest absolute Gasteiger partial charge is 0.416 e. The van der Waals surface area contributed by atoms with Gasteiger partial charge in [-0.15, -0.1) is 11.8 Å². The van der Waals surface area contributed by atoms with Crippen LogP contribution in [-0.2, 0) is 6.18 Å². The third kappa shape index (κ3) is 3.39. The normalized spacial score (nSPS) is 13.2. The van der Waals surface area contributed by atoms with Crippen LogP contribution in [0.15, 0.2) is 41.3 Å². The summed E-state index contributed by atoms with van der Waals surface area (Å²) in [4.78, 5) is 0.297. The molecule has 2 aromatic rings. The molecule has 1 unspecified atom stereocenters. The van der Waals surface area contributed by atoms with Crippen molar-refractivity contribution >= 4 is 23.4 Å². The highest BCUT2D eigenvalue weighted by Crippen LogP contribution is 2.36. The molecule has 0 radical (unpaired) electrons. The molecule has 22 heavy (non-hydrogen) atoms. The molecule has 7 heteroatoms. The smallest absolute Gasteiger partial charge is 0.383 e. The zero-order valence-electron chi connectivity index (χ0n) is 11.3. The van der Waals surface area contributed by atoms with Crippen LogP contribution in [0.5, 0.6) is 0 Å². The van der Waals surface area contributed by atoms with E-state index >= 15 is 0 Å². The van der Waals surface area contributed by atoms with Crippen LogP contribution in [0.25, 0.3) is 0 Å². The van der Waals surface area contributed by atoms with Gasteiger partial charge in [0, 0.05) is 15.5 Å². The highest BCUT2D eigenvalue weighted by atomic mass is 35.5. The maximum Gasteiger partial charge on any atom is 0.416 e. The third-order valence-electron chi connectivity index (χ3n) is 3.14. The average molecular weight is 351 g/mol. The van der Waals surface area contributed by atoms with Crippen molar-refractivity contribution in [3.63, 3.8) is 0 Å². The maximum absolute atomic E-state index is 14.3. The molecule has 0 fully saturated rings. The molecule has 2 rings (SSSR count). The van der Waals surface area contributed by atoms with Crippen molar-refractivity contribution in [1.29, 1.82) is 0 Å². The van der Waals surface area contributed by atoms with E-state index in [9.17, 15) is 22.7 Å². The van der Waals surface area contributed by atoms with E-state index < -0.39 is 23.7 Å². The van der Waals surface area contributed by atoms with E-state index in [1.54, 1.807) is 6.26 Å². The highest BCUT2D eigenvalue weighted by Gasteiger charge is 2.30. The van der Waals surface area contributed by atoms with Gasteiger partial charge in [-0.05, 0) is 36.1 Å². The number of aliphatic hydroxyl groups is 1. The van der Waals surface area contributed by atoms with Crippen LogP contribution in [0.1, 0.15) is 22.8 Å². The van der Waals surface area contributed by atoms with Gasteiger partial charge in [-0.1, -0.05) is 23.7 Å². The molecule has 0 saturated heterocycles. The molecule has 0 aliphatic carbocycles. The number of hydrogen-bond acceptors (Lipinski definition) is 2. The van der Waals surface area contributed by atoms with Gasteiger partial charge in [-0.2, -0.15) is 13.2 Å². The summed E-state index contributed by atoms with van der Waals surface area (Å²) in [6.45, 7) is 0. The Morgan fingerprint density at radius 2 is 1.68 bits per heavy atom. The van der Waals surface area contributed by atoms with E-state index in [0.29, 0.717) is 4.90 Å². The van der Waals surface area contributed by atoms with E-state index in [1.165, 1.54) is 12.1 Å². The summed E-state index contributed by atoms with van der Waals surface area (Å²) in [5.74, 6) is -0.674. The number of benzene rings is 2. The molecule has 0 amide bonds. The first-order valence-corrected chi connectivity index (χ1v) is 7.73. The quantitative estimate of drug-likeness (QED) is 0.598. The summed E-state index contributed by atoms with van der Waals surface area (Å²) >= 11 is 7.06. The number of aliphatic hydroxyl groups excluding tert-OH is 1. The number of halogens is 5. The lowest BCUT2D eigenvalue weighted by Gasteiger charge is -2.16. The second-order valence-corrected chi connectivity index (χ2v) is 5.75. The van der Waals surface area contributed by atoms with Gasteiger partial charge in [0.25, 0.3) is 0 Å². The monoisotopic (exact) mass is 350 g/mol. The van der Waals surface area contributed by atoms with Gasteiger partial charge in [-0.3, -0.25) is 0 Å². The SMILES string of the molecule is CSc1ccc(Cl)c(C(O)c2ccc(C(F)(F)F)cc2)c1F. The summed E-state index contributed by atoms with van der Waals surface area (Å²) in [5.41, 5.74) is -0.854. The van der Waals surface area contributed by atoms with Crippen molar-refractivity contribution in [2.75, 3.05) is 6.26 Å². The lowest BCUT2D eigenvalue weighted by atomic mass is 9.99. The fourth-order valence-corrected chi connectivity index (χ4v) is 2.72. The fourth-order valence-electron chi connectivity index (χ4n) is 1.98. The van der Waals surface area contributed by atoms with E-state index in [4.69, 9.17) is 11.6 Å². The van der Waals surface area contributed by atoms with Gasteiger partial charge < -0.3 is 5.11 Å². The first-order valence-electron chi connectivity index (χ1n) is 6.12. The molecule has 1 nitrogen and oxygen atoms in total. The number of alkyl halides is 3. The van der Waals surface area contributed by atoms with Crippen LogP contribution in [0.4, 0.5) is 17.6 Å². The number of thioether (sulfide) groups is 1. The van der Waals surface area contributed by atoms with Crippen molar-refractivity contribution in [3.05, 3.63) is 63.9 Å². The predicted octanol–water partition coefficient (Wildman–Crippen LogP) is 5.30. The van der Waals surface area contributed by atoms with E-state index in [2.05, 4.69) is 0 Å². The minimum Gasteiger partial charge on any atom is -0.383 e. The number of rotatable bonds is 3. The molecule has 0 aliphatic rings. The summed E-state index contributed by atoms with van der Waals surface area (Å²) < 4.78 is 51.9. The Morgan fingerprint density at radius 1 is 1.09 bits per heavy atom. The molecule has 0 spiro atoms. The second-order valence-electron chi connectivity index (χ2n) is 4.50. The van der Waals surface area contributed by atoms with Crippen molar-refractivity contribution in [2.24, 2.45) is 0 Å². The van der Waals surface area contributed by atoms with E-state index in [1.807, 2.05) is 0 Å². The lowest BCUT2D eigenvalue weighted by Crippen LogP contribution is -2.07. The Bertz CT molecular complexity index is 670. The molecular formula is C15H11ClF4OS. The zero-order valence-corrected chi connectivity index (χ0v) is 12.9. The van der Waals surface area contributed by atoms with Crippen molar-refractivity contribution < 1.29 is 22.7 Å². The molecule has 2 aromatic carbocycles. The maximum atomic E-state index is 14.3. The zero-order chi connectivity index (χ0) is 16.5. The van der Waals surface area contributed by atoms with Crippen molar-refractivity contribution in [1.82, 2.24) is 0 Å². The van der Waals surface area contributed by atoms with Crippen molar-refractivity contribution in [3.8, 4) is 0 Å². The number of hydrogen-bond donors (Lipinski definition) is 1. The highest BCUT2D eigenvalue weighted by molar-refractivity contribution is 7.98. The van der Waals surface area contributed by atoms with Crippen LogP contribution in [-0.4, -0.2) is 11.4 Å². The van der Waals surface area contributed by atoms with E-state index in [-0.39, 0.29) is 16.1 Å². The Balaban J connectivity index is 2.42. The predicted molar refractivity (Wildman–Crippen MR) is 78.7 cm³/mol. The molecule has 118 valence electrons. The first kappa shape index (κ1) is 17.1.